The number of nitrogens with one attached hydrogen (secondary N) is 3. The highest BCUT2D eigenvalue weighted by Crippen LogP contribution is 2.19. The van der Waals surface area contributed by atoms with Gasteiger partial charge in [0.2, 0.25) is 0 Å². The number of hydrogen-bond acceptors (Lipinski definition) is 5. The van der Waals surface area contributed by atoms with Crippen LogP contribution in [-0.4, -0.2) is 26.7 Å². The van der Waals surface area contributed by atoms with Gasteiger partial charge in [0.25, 0.3) is 17.5 Å². The van der Waals surface area contributed by atoms with E-state index in [2.05, 4.69) is 36.5 Å². The summed E-state index contributed by atoms with van der Waals surface area (Å²) in [6.45, 7) is 0. The molecule has 3 N–H and O–H groups in total. The van der Waals surface area contributed by atoms with E-state index in [0.717, 1.165) is 4.47 Å². The zero-order chi connectivity index (χ0) is 19.4. The molecule has 2 amide bonds. The molecule has 136 valence electrons. The summed E-state index contributed by atoms with van der Waals surface area (Å²) in [5.74, 6) is -1.21. The standard InChI is InChI=1S/C17H12BrN5O4/c18-10-4-6-11(7-5-10)21-16(24)14-15(20-9-19-14)17(25)22-12-2-1-3-13(8-12)23(26)27/h1-9H,(H,19,20)(H,21,24)(H,22,25). The Morgan fingerprint density at radius 1 is 1.04 bits per heavy atom. The van der Waals surface area contributed by atoms with Gasteiger partial charge in [0.15, 0.2) is 5.69 Å². The fraction of sp³-hybridized carbons (Fsp3) is 0. The van der Waals surface area contributed by atoms with E-state index in [0.29, 0.717) is 5.69 Å². The second kappa shape index (κ2) is 7.79. The number of rotatable bonds is 5. The molecule has 1 heterocycles. The van der Waals surface area contributed by atoms with Crippen molar-refractivity contribution in [1.29, 1.82) is 0 Å². The van der Waals surface area contributed by atoms with Crippen LogP contribution in [0.15, 0.2) is 59.3 Å². The smallest absolute Gasteiger partial charge is 0.276 e. The lowest BCUT2D eigenvalue weighted by Crippen LogP contribution is -2.20. The second-order valence-corrected chi connectivity index (χ2v) is 6.26. The van der Waals surface area contributed by atoms with Crippen molar-refractivity contribution in [3.63, 3.8) is 0 Å². The van der Waals surface area contributed by atoms with Crippen LogP contribution in [0.4, 0.5) is 17.1 Å². The zero-order valence-corrected chi connectivity index (χ0v) is 15.2. The Morgan fingerprint density at radius 2 is 1.74 bits per heavy atom. The number of carbonyl (C=O) groups is 2. The Labute approximate surface area is 161 Å². The Morgan fingerprint density at radius 3 is 2.44 bits per heavy atom. The third-order valence-electron chi connectivity index (χ3n) is 3.50. The number of halogens is 1. The maximum absolute atomic E-state index is 12.4. The van der Waals surface area contributed by atoms with E-state index in [4.69, 9.17) is 0 Å². The molecule has 0 saturated carbocycles. The number of hydrogen-bond donors (Lipinski definition) is 3. The van der Waals surface area contributed by atoms with E-state index in [1.54, 1.807) is 24.3 Å². The van der Waals surface area contributed by atoms with Crippen molar-refractivity contribution in [3.8, 4) is 0 Å². The minimum Gasteiger partial charge on any atom is -0.340 e. The van der Waals surface area contributed by atoms with Gasteiger partial charge in [0.1, 0.15) is 5.69 Å². The summed E-state index contributed by atoms with van der Waals surface area (Å²) in [6.07, 6.45) is 1.22. The molecule has 0 fully saturated rings. The Hall–Kier alpha value is -3.53. The topological polar surface area (TPSA) is 130 Å². The van der Waals surface area contributed by atoms with Crippen LogP contribution in [0.2, 0.25) is 0 Å². The Bertz CT molecular complexity index is 1020. The first kappa shape index (κ1) is 18.3. The van der Waals surface area contributed by atoms with E-state index in [1.165, 1.54) is 30.6 Å². The SMILES string of the molecule is O=C(Nc1cccc([N+](=O)[O-])c1)c1nc[nH]c1C(=O)Nc1ccc(Br)cc1. The normalized spacial score (nSPS) is 10.3. The highest BCUT2D eigenvalue weighted by molar-refractivity contribution is 9.10. The number of aromatic amines is 1. The molecule has 3 rings (SSSR count). The zero-order valence-electron chi connectivity index (χ0n) is 13.6. The predicted octanol–water partition coefficient (Wildman–Crippen LogP) is 3.59. The summed E-state index contributed by atoms with van der Waals surface area (Å²) in [7, 11) is 0. The van der Waals surface area contributed by atoms with Gasteiger partial charge < -0.3 is 15.6 Å². The molecule has 3 aromatic rings. The van der Waals surface area contributed by atoms with Gasteiger partial charge in [0, 0.05) is 28.0 Å². The van der Waals surface area contributed by atoms with E-state index in [-0.39, 0.29) is 22.8 Å². The molecule has 1 aromatic heterocycles. The van der Waals surface area contributed by atoms with Crippen LogP contribution in [0.1, 0.15) is 21.0 Å². The summed E-state index contributed by atoms with van der Waals surface area (Å²) >= 11 is 3.30. The lowest BCUT2D eigenvalue weighted by molar-refractivity contribution is -0.384. The van der Waals surface area contributed by atoms with Crippen molar-refractivity contribution in [2.24, 2.45) is 0 Å². The molecule has 0 atom stereocenters. The maximum atomic E-state index is 12.4. The van der Waals surface area contributed by atoms with Crippen LogP contribution in [0, 0.1) is 10.1 Å². The Balaban J connectivity index is 1.76. The highest BCUT2D eigenvalue weighted by Gasteiger charge is 2.21. The van der Waals surface area contributed by atoms with Gasteiger partial charge in [-0.2, -0.15) is 0 Å². The lowest BCUT2D eigenvalue weighted by Gasteiger charge is -2.07. The number of nitro benzene ring substituents is 1. The minimum absolute atomic E-state index is 0.0270. The van der Waals surface area contributed by atoms with Crippen molar-refractivity contribution in [1.82, 2.24) is 9.97 Å². The number of carbonyl (C=O) groups excluding carboxylic acids is 2. The summed E-state index contributed by atoms with van der Waals surface area (Å²) in [6, 6.07) is 12.4. The van der Waals surface area contributed by atoms with Crippen molar-refractivity contribution < 1.29 is 14.5 Å². The molecule has 0 aliphatic heterocycles. The molecule has 0 unspecified atom stereocenters. The van der Waals surface area contributed by atoms with Crippen LogP contribution in [-0.2, 0) is 0 Å². The minimum atomic E-state index is -0.669. The van der Waals surface area contributed by atoms with Crippen molar-refractivity contribution in [2.75, 3.05) is 10.6 Å². The van der Waals surface area contributed by atoms with Gasteiger partial charge in [-0.25, -0.2) is 4.98 Å². The number of imidazole rings is 1. The van der Waals surface area contributed by atoms with Gasteiger partial charge in [-0.05, 0) is 30.3 Å². The number of nitro groups is 1. The number of non-ortho nitro benzene ring substituents is 1. The van der Waals surface area contributed by atoms with Crippen LogP contribution in [0.5, 0.6) is 0 Å². The molecule has 0 bridgehead atoms. The molecule has 0 aliphatic rings. The number of benzene rings is 2. The summed E-state index contributed by atoms with van der Waals surface area (Å²) in [5, 5.41) is 16.0. The number of amides is 2. The van der Waals surface area contributed by atoms with Gasteiger partial charge in [-0.1, -0.05) is 22.0 Å². The summed E-state index contributed by atoms with van der Waals surface area (Å²) in [5.41, 5.74) is 0.444. The summed E-state index contributed by atoms with van der Waals surface area (Å²) < 4.78 is 0.860. The van der Waals surface area contributed by atoms with Gasteiger partial charge >= 0.3 is 0 Å². The molecular weight excluding hydrogens is 418 g/mol. The van der Waals surface area contributed by atoms with Gasteiger partial charge in [-0.3, -0.25) is 19.7 Å². The van der Waals surface area contributed by atoms with Crippen molar-refractivity contribution >= 4 is 44.8 Å². The van der Waals surface area contributed by atoms with Gasteiger partial charge in [0.05, 0.1) is 11.3 Å². The molecular formula is C17H12BrN5O4. The molecule has 0 spiro atoms. The Kier molecular flexibility index (Phi) is 5.27. The number of nitrogens with zero attached hydrogens (tertiary/aromatic N) is 2. The largest absolute Gasteiger partial charge is 0.340 e. The molecule has 0 aliphatic carbocycles. The van der Waals surface area contributed by atoms with Crippen molar-refractivity contribution in [2.45, 2.75) is 0 Å². The number of aromatic nitrogens is 2. The van der Waals surface area contributed by atoms with Crippen LogP contribution in [0.25, 0.3) is 0 Å². The van der Waals surface area contributed by atoms with E-state index in [1.807, 2.05) is 0 Å². The lowest BCUT2D eigenvalue weighted by atomic mass is 10.2. The molecule has 0 radical (unpaired) electrons. The molecule has 0 saturated heterocycles. The third-order valence-corrected chi connectivity index (χ3v) is 4.03. The monoisotopic (exact) mass is 429 g/mol. The van der Waals surface area contributed by atoms with Crippen LogP contribution in [0.3, 0.4) is 0 Å². The predicted molar refractivity (Wildman–Crippen MR) is 102 cm³/mol. The second-order valence-electron chi connectivity index (χ2n) is 5.35. The highest BCUT2D eigenvalue weighted by atomic mass is 79.9. The van der Waals surface area contributed by atoms with Gasteiger partial charge in [-0.15, -0.1) is 0 Å². The molecule has 2 aromatic carbocycles. The first-order valence-electron chi connectivity index (χ1n) is 7.60. The average Bonchev–Trinajstić information content (AvgIpc) is 3.14. The fourth-order valence-electron chi connectivity index (χ4n) is 2.25. The average molecular weight is 430 g/mol. The first-order valence-corrected chi connectivity index (χ1v) is 8.39. The first-order chi connectivity index (χ1) is 12.9. The third kappa shape index (κ3) is 4.36. The summed E-state index contributed by atoms with van der Waals surface area (Å²) in [4.78, 5) is 41.6. The van der Waals surface area contributed by atoms with Crippen molar-refractivity contribution in [3.05, 3.63) is 80.8 Å². The molecule has 27 heavy (non-hydrogen) atoms. The van der Waals surface area contributed by atoms with Crippen LogP contribution < -0.4 is 10.6 Å². The van der Waals surface area contributed by atoms with E-state index >= 15 is 0 Å². The molecule has 9 nitrogen and oxygen atoms in total. The van der Waals surface area contributed by atoms with Crippen LogP contribution >= 0.6 is 15.9 Å². The number of H-pyrrole nitrogens is 1. The fourth-order valence-corrected chi connectivity index (χ4v) is 2.52. The van der Waals surface area contributed by atoms with E-state index in [9.17, 15) is 19.7 Å². The maximum Gasteiger partial charge on any atom is 0.276 e. The molecule has 10 heteroatoms. The quantitative estimate of drug-likeness (QED) is 0.421. The van der Waals surface area contributed by atoms with E-state index < -0.39 is 16.7 Å². The number of anilines is 2.